The lowest BCUT2D eigenvalue weighted by Crippen LogP contribution is -2.15. The summed E-state index contributed by atoms with van der Waals surface area (Å²) < 4.78 is 0. The van der Waals surface area contributed by atoms with Gasteiger partial charge in [-0.1, -0.05) is 24.1 Å². The second kappa shape index (κ2) is 7.34. The largest absolute Gasteiger partial charge is 0.369 e. The van der Waals surface area contributed by atoms with E-state index in [1.165, 1.54) is 11.8 Å². The number of hydrogen-bond donors (Lipinski definition) is 2. The maximum atomic E-state index is 12.4. The van der Waals surface area contributed by atoms with Gasteiger partial charge in [0.2, 0.25) is 5.91 Å². The van der Waals surface area contributed by atoms with E-state index in [2.05, 4.69) is 11.2 Å². The van der Waals surface area contributed by atoms with E-state index < -0.39 is 5.91 Å². The number of carbonyl (C=O) groups is 2. The van der Waals surface area contributed by atoms with Crippen molar-refractivity contribution in [3.8, 4) is 12.3 Å². The van der Waals surface area contributed by atoms with Gasteiger partial charge in [0.1, 0.15) is 0 Å². The van der Waals surface area contributed by atoms with Crippen molar-refractivity contribution in [2.45, 2.75) is 4.90 Å². The molecular weight excluding hydrogens is 296 g/mol. The summed E-state index contributed by atoms with van der Waals surface area (Å²) in [4.78, 5) is 24.0. The zero-order chi connectivity index (χ0) is 15.9. The second-order valence-electron chi connectivity index (χ2n) is 4.43. The Bertz CT molecular complexity index is 750. The molecule has 4 nitrogen and oxygen atoms in total. The molecular formula is C17H14N2O2S. The van der Waals surface area contributed by atoms with E-state index in [-0.39, 0.29) is 11.7 Å². The third kappa shape index (κ3) is 4.14. The molecule has 0 aliphatic rings. The van der Waals surface area contributed by atoms with Crippen LogP contribution in [-0.2, 0) is 4.79 Å². The molecule has 2 amide bonds. The Balaban J connectivity index is 2.18. The first-order chi connectivity index (χ1) is 10.6. The molecule has 0 unspecified atom stereocenters. The first-order valence-corrected chi connectivity index (χ1v) is 7.47. The number of amides is 2. The molecule has 0 bridgehead atoms. The summed E-state index contributed by atoms with van der Waals surface area (Å²) in [6.45, 7) is 0. The normalized spacial score (nSPS) is 9.77. The number of nitrogens with one attached hydrogen (secondary N) is 1. The highest BCUT2D eigenvalue weighted by Crippen LogP contribution is 2.23. The van der Waals surface area contributed by atoms with E-state index >= 15 is 0 Å². The number of hydrogen-bond acceptors (Lipinski definition) is 3. The Hall–Kier alpha value is -2.71. The number of rotatable bonds is 5. The van der Waals surface area contributed by atoms with E-state index in [1.54, 1.807) is 48.5 Å². The molecule has 0 fully saturated rings. The summed E-state index contributed by atoms with van der Waals surface area (Å²) in [6, 6.07) is 14.1. The van der Waals surface area contributed by atoms with Crippen LogP contribution in [0.5, 0.6) is 0 Å². The SMILES string of the molecule is C#Cc1cccc(NC(=O)c2ccccc2SCC(N)=O)c1. The second-order valence-corrected chi connectivity index (χ2v) is 5.45. The number of benzene rings is 2. The van der Waals surface area contributed by atoms with E-state index in [4.69, 9.17) is 12.2 Å². The summed E-state index contributed by atoms with van der Waals surface area (Å²) in [6.07, 6.45) is 5.34. The first-order valence-electron chi connectivity index (χ1n) is 6.48. The van der Waals surface area contributed by atoms with Crippen molar-refractivity contribution in [3.63, 3.8) is 0 Å². The van der Waals surface area contributed by atoms with Gasteiger partial charge in [-0.15, -0.1) is 18.2 Å². The molecule has 0 saturated carbocycles. The Morgan fingerprint density at radius 3 is 2.68 bits per heavy atom. The highest BCUT2D eigenvalue weighted by Gasteiger charge is 2.12. The third-order valence-electron chi connectivity index (χ3n) is 2.79. The summed E-state index contributed by atoms with van der Waals surface area (Å²) in [5, 5.41) is 2.80. The molecule has 0 saturated heterocycles. The summed E-state index contributed by atoms with van der Waals surface area (Å²) in [5.41, 5.74) is 6.94. The molecule has 0 heterocycles. The minimum atomic E-state index is -0.429. The van der Waals surface area contributed by atoms with Crippen molar-refractivity contribution in [3.05, 3.63) is 59.7 Å². The van der Waals surface area contributed by atoms with Crippen molar-refractivity contribution in [2.75, 3.05) is 11.1 Å². The molecule has 0 spiro atoms. The predicted octanol–water partition coefficient (Wildman–Crippen LogP) is 2.50. The fraction of sp³-hybridized carbons (Fsp3) is 0.0588. The number of primary amides is 1. The molecule has 22 heavy (non-hydrogen) atoms. The Morgan fingerprint density at radius 1 is 1.18 bits per heavy atom. The van der Waals surface area contributed by atoms with Gasteiger partial charge in [0.15, 0.2) is 0 Å². The lowest BCUT2D eigenvalue weighted by molar-refractivity contribution is -0.115. The van der Waals surface area contributed by atoms with Crippen LogP contribution in [0.2, 0.25) is 0 Å². The smallest absolute Gasteiger partial charge is 0.256 e. The van der Waals surface area contributed by atoms with Crippen LogP contribution in [0.15, 0.2) is 53.4 Å². The molecule has 3 N–H and O–H groups in total. The number of terminal acetylenes is 1. The minimum Gasteiger partial charge on any atom is -0.369 e. The van der Waals surface area contributed by atoms with Crippen LogP contribution in [0.3, 0.4) is 0 Å². The molecule has 5 heteroatoms. The van der Waals surface area contributed by atoms with Crippen LogP contribution in [0.4, 0.5) is 5.69 Å². The fourth-order valence-electron chi connectivity index (χ4n) is 1.81. The van der Waals surface area contributed by atoms with Crippen LogP contribution in [-0.4, -0.2) is 17.6 Å². The summed E-state index contributed by atoms with van der Waals surface area (Å²) in [5.74, 6) is 1.95. The van der Waals surface area contributed by atoms with Crippen LogP contribution < -0.4 is 11.1 Å². The van der Waals surface area contributed by atoms with Gasteiger partial charge in [0.25, 0.3) is 5.91 Å². The lowest BCUT2D eigenvalue weighted by Gasteiger charge is -2.09. The van der Waals surface area contributed by atoms with Gasteiger partial charge >= 0.3 is 0 Å². The summed E-state index contributed by atoms with van der Waals surface area (Å²) >= 11 is 1.23. The number of anilines is 1. The zero-order valence-electron chi connectivity index (χ0n) is 11.7. The molecule has 0 radical (unpaired) electrons. The van der Waals surface area contributed by atoms with E-state index in [9.17, 15) is 9.59 Å². The topological polar surface area (TPSA) is 72.2 Å². The number of thioether (sulfide) groups is 1. The third-order valence-corrected chi connectivity index (χ3v) is 3.88. The molecule has 2 aromatic rings. The Kier molecular flexibility index (Phi) is 5.23. The average molecular weight is 310 g/mol. The Morgan fingerprint density at radius 2 is 1.95 bits per heavy atom. The van der Waals surface area contributed by atoms with Crippen molar-refractivity contribution < 1.29 is 9.59 Å². The van der Waals surface area contributed by atoms with Gasteiger partial charge in [-0.25, -0.2) is 0 Å². The van der Waals surface area contributed by atoms with Crippen molar-refractivity contribution in [2.24, 2.45) is 5.73 Å². The molecule has 0 aromatic heterocycles. The minimum absolute atomic E-state index is 0.122. The van der Waals surface area contributed by atoms with E-state index in [0.29, 0.717) is 21.7 Å². The van der Waals surface area contributed by atoms with Crippen LogP contribution in [0.1, 0.15) is 15.9 Å². The molecule has 0 atom stereocenters. The Labute approximate surface area is 133 Å². The van der Waals surface area contributed by atoms with Crippen LogP contribution >= 0.6 is 11.8 Å². The van der Waals surface area contributed by atoms with Crippen molar-refractivity contribution in [1.29, 1.82) is 0 Å². The number of nitrogens with two attached hydrogens (primary N) is 1. The van der Waals surface area contributed by atoms with Gasteiger partial charge in [-0.05, 0) is 30.3 Å². The summed E-state index contributed by atoms with van der Waals surface area (Å²) in [7, 11) is 0. The molecule has 2 rings (SSSR count). The van der Waals surface area contributed by atoms with Crippen LogP contribution in [0.25, 0.3) is 0 Å². The van der Waals surface area contributed by atoms with Gasteiger partial charge in [-0.2, -0.15) is 0 Å². The predicted molar refractivity (Wildman–Crippen MR) is 88.7 cm³/mol. The highest BCUT2D eigenvalue weighted by molar-refractivity contribution is 8.00. The van der Waals surface area contributed by atoms with Gasteiger partial charge < -0.3 is 11.1 Å². The van der Waals surface area contributed by atoms with Gasteiger partial charge in [-0.3, -0.25) is 9.59 Å². The monoisotopic (exact) mass is 310 g/mol. The van der Waals surface area contributed by atoms with Crippen molar-refractivity contribution in [1.82, 2.24) is 0 Å². The van der Waals surface area contributed by atoms with Crippen molar-refractivity contribution >= 4 is 29.3 Å². The lowest BCUT2D eigenvalue weighted by atomic mass is 10.2. The average Bonchev–Trinajstić information content (AvgIpc) is 2.53. The molecule has 110 valence electrons. The molecule has 2 aromatic carbocycles. The quantitative estimate of drug-likeness (QED) is 0.658. The maximum Gasteiger partial charge on any atom is 0.256 e. The fourth-order valence-corrected chi connectivity index (χ4v) is 2.60. The van der Waals surface area contributed by atoms with Crippen LogP contribution in [0, 0.1) is 12.3 Å². The molecule has 0 aliphatic carbocycles. The van der Waals surface area contributed by atoms with E-state index in [0.717, 1.165) is 0 Å². The van der Waals surface area contributed by atoms with E-state index in [1.807, 2.05) is 0 Å². The standard InChI is InChI=1S/C17H14N2O2S/c1-2-12-6-5-7-13(10-12)19-17(21)14-8-3-4-9-15(14)22-11-16(18)20/h1,3-10H,11H2,(H2,18,20)(H,19,21). The zero-order valence-corrected chi connectivity index (χ0v) is 12.5. The van der Waals surface area contributed by atoms with Gasteiger partial charge in [0.05, 0.1) is 11.3 Å². The first kappa shape index (κ1) is 15.7. The maximum absolute atomic E-state index is 12.4. The van der Waals surface area contributed by atoms with Gasteiger partial charge in [0, 0.05) is 16.1 Å². The number of carbonyl (C=O) groups excluding carboxylic acids is 2. The highest BCUT2D eigenvalue weighted by atomic mass is 32.2. The molecule has 0 aliphatic heterocycles.